The van der Waals surface area contributed by atoms with E-state index in [2.05, 4.69) is 20.5 Å². The van der Waals surface area contributed by atoms with E-state index in [0.717, 1.165) is 11.1 Å². The molecule has 0 aliphatic heterocycles. The number of thioether (sulfide) groups is 1. The first-order valence-electron chi connectivity index (χ1n) is 10.2. The van der Waals surface area contributed by atoms with Crippen LogP contribution in [0.3, 0.4) is 0 Å². The fourth-order valence-corrected chi connectivity index (χ4v) is 3.98. The lowest BCUT2D eigenvalue weighted by Crippen LogP contribution is -2.15. The Kier molecular flexibility index (Phi) is 7.21. The number of nitrogens with zero attached hydrogens (tertiary/aromatic N) is 4. The van der Waals surface area contributed by atoms with Gasteiger partial charge in [0.2, 0.25) is 5.91 Å². The molecule has 0 saturated carbocycles. The zero-order chi connectivity index (χ0) is 23.0. The number of carbonyl (C=O) groups is 1. The molecule has 0 bridgehead atoms. The fraction of sp³-hybridized carbons (Fsp3) is 0.167. The van der Waals surface area contributed by atoms with E-state index in [-0.39, 0.29) is 11.7 Å². The van der Waals surface area contributed by atoms with Gasteiger partial charge < -0.3 is 14.8 Å². The number of aromatic nitrogens is 4. The summed E-state index contributed by atoms with van der Waals surface area (Å²) in [5.41, 5.74) is 2.51. The molecule has 0 aliphatic rings. The number of carbonyl (C=O) groups excluding carboxylic acids is 1. The van der Waals surface area contributed by atoms with E-state index in [1.807, 2.05) is 47.0 Å². The Hall–Kier alpha value is -3.85. The minimum Gasteiger partial charge on any atom is -0.497 e. The molecule has 0 spiro atoms. The summed E-state index contributed by atoms with van der Waals surface area (Å²) in [5, 5.41) is 12.3. The number of benzene rings is 2. The monoisotopic (exact) mass is 461 g/mol. The Morgan fingerprint density at radius 3 is 2.61 bits per heavy atom. The van der Waals surface area contributed by atoms with Gasteiger partial charge >= 0.3 is 0 Å². The largest absolute Gasteiger partial charge is 0.497 e. The van der Waals surface area contributed by atoms with E-state index in [0.29, 0.717) is 34.7 Å². The molecule has 168 valence electrons. The zero-order valence-corrected chi connectivity index (χ0v) is 19.1. The van der Waals surface area contributed by atoms with Gasteiger partial charge in [0.1, 0.15) is 11.5 Å². The molecule has 2 aromatic heterocycles. The number of rotatable bonds is 9. The van der Waals surface area contributed by atoms with E-state index < -0.39 is 0 Å². The summed E-state index contributed by atoms with van der Waals surface area (Å²) in [6, 6.07) is 19.1. The minimum absolute atomic E-state index is 0.153. The van der Waals surface area contributed by atoms with Gasteiger partial charge in [0.25, 0.3) is 0 Å². The first kappa shape index (κ1) is 22.3. The maximum Gasteiger partial charge on any atom is 0.234 e. The number of nitrogens with one attached hydrogen (secondary N) is 1. The second-order valence-corrected chi connectivity index (χ2v) is 7.97. The predicted octanol–water partition coefficient (Wildman–Crippen LogP) is 4.14. The Labute approximate surface area is 196 Å². The van der Waals surface area contributed by atoms with Gasteiger partial charge in [0.15, 0.2) is 11.0 Å². The van der Waals surface area contributed by atoms with Crippen LogP contribution in [0, 0.1) is 0 Å². The predicted molar refractivity (Wildman–Crippen MR) is 128 cm³/mol. The lowest BCUT2D eigenvalue weighted by atomic mass is 10.2. The highest BCUT2D eigenvalue weighted by molar-refractivity contribution is 7.99. The van der Waals surface area contributed by atoms with Crippen LogP contribution in [0.1, 0.15) is 5.56 Å². The highest BCUT2D eigenvalue weighted by atomic mass is 32.2. The smallest absolute Gasteiger partial charge is 0.234 e. The van der Waals surface area contributed by atoms with Crippen LogP contribution in [0.4, 0.5) is 5.69 Å². The molecule has 0 saturated heterocycles. The van der Waals surface area contributed by atoms with Crippen molar-refractivity contribution in [3.63, 3.8) is 0 Å². The van der Waals surface area contributed by atoms with Gasteiger partial charge in [-0.15, -0.1) is 10.2 Å². The van der Waals surface area contributed by atoms with Crippen molar-refractivity contribution < 1.29 is 14.3 Å². The molecule has 2 heterocycles. The van der Waals surface area contributed by atoms with E-state index >= 15 is 0 Å². The second kappa shape index (κ2) is 10.6. The third kappa shape index (κ3) is 5.50. The Balaban J connectivity index is 1.53. The molecule has 4 rings (SSSR count). The molecule has 1 N–H and O–H groups in total. The first-order valence-corrected chi connectivity index (χ1v) is 11.2. The summed E-state index contributed by atoms with van der Waals surface area (Å²) in [7, 11) is 3.13. The number of pyridine rings is 1. The van der Waals surface area contributed by atoms with Crippen LogP contribution in [0.2, 0.25) is 0 Å². The van der Waals surface area contributed by atoms with Crippen molar-refractivity contribution >= 4 is 23.4 Å². The lowest BCUT2D eigenvalue weighted by molar-refractivity contribution is -0.113. The summed E-state index contributed by atoms with van der Waals surface area (Å²) in [4.78, 5) is 16.9. The summed E-state index contributed by atoms with van der Waals surface area (Å²) in [5.74, 6) is 1.84. The third-order valence-corrected chi connectivity index (χ3v) is 5.80. The topological polar surface area (TPSA) is 91.2 Å². The summed E-state index contributed by atoms with van der Waals surface area (Å²) in [6.07, 6.45) is 3.47. The molecular formula is C24H23N5O3S. The maximum atomic E-state index is 12.7. The van der Waals surface area contributed by atoms with Crippen LogP contribution in [0.15, 0.2) is 78.2 Å². The second-order valence-electron chi connectivity index (χ2n) is 7.02. The van der Waals surface area contributed by atoms with E-state index in [9.17, 15) is 4.79 Å². The molecule has 0 unspecified atom stereocenters. The first-order chi connectivity index (χ1) is 16.2. The molecule has 0 aliphatic carbocycles. The van der Waals surface area contributed by atoms with Crippen molar-refractivity contribution in [2.75, 3.05) is 25.3 Å². The Morgan fingerprint density at radius 1 is 1.03 bits per heavy atom. The summed E-state index contributed by atoms with van der Waals surface area (Å²) < 4.78 is 12.6. The van der Waals surface area contributed by atoms with Gasteiger partial charge in [-0.3, -0.25) is 14.3 Å². The Morgan fingerprint density at radius 2 is 1.88 bits per heavy atom. The maximum absolute atomic E-state index is 12.7. The van der Waals surface area contributed by atoms with Gasteiger partial charge in [0.05, 0.1) is 32.2 Å². The molecule has 8 nitrogen and oxygen atoms in total. The molecule has 0 fully saturated rings. The van der Waals surface area contributed by atoms with Gasteiger partial charge in [-0.2, -0.15) is 0 Å². The van der Waals surface area contributed by atoms with Crippen LogP contribution in [-0.2, 0) is 11.3 Å². The third-order valence-electron chi connectivity index (χ3n) is 4.83. The zero-order valence-electron chi connectivity index (χ0n) is 18.3. The van der Waals surface area contributed by atoms with Crippen molar-refractivity contribution in [2.24, 2.45) is 0 Å². The average molecular weight is 462 g/mol. The number of ether oxygens (including phenoxy) is 2. The summed E-state index contributed by atoms with van der Waals surface area (Å²) >= 11 is 1.32. The van der Waals surface area contributed by atoms with E-state index in [1.54, 1.807) is 44.8 Å². The standard InChI is InChI=1S/C24H23N5O3S/c1-31-19-10-11-21(32-2)20(13-19)26-22(30)16-33-24-28-27-23(18-9-6-12-25-14-18)29(24)15-17-7-4-3-5-8-17/h3-14H,15-16H2,1-2H3,(H,26,30). The van der Waals surface area contributed by atoms with Crippen molar-refractivity contribution in [1.82, 2.24) is 19.7 Å². The van der Waals surface area contributed by atoms with Crippen molar-refractivity contribution in [2.45, 2.75) is 11.7 Å². The highest BCUT2D eigenvalue weighted by Gasteiger charge is 2.17. The van der Waals surface area contributed by atoms with Crippen molar-refractivity contribution in [3.8, 4) is 22.9 Å². The lowest BCUT2D eigenvalue weighted by Gasteiger charge is -2.12. The summed E-state index contributed by atoms with van der Waals surface area (Å²) in [6.45, 7) is 0.575. The normalized spacial score (nSPS) is 10.6. The molecule has 0 atom stereocenters. The number of anilines is 1. The van der Waals surface area contributed by atoms with E-state index in [4.69, 9.17) is 9.47 Å². The van der Waals surface area contributed by atoms with Gasteiger partial charge in [-0.1, -0.05) is 42.1 Å². The fourth-order valence-electron chi connectivity index (χ4n) is 3.24. The highest BCUT2D eigenvalue weighted by Crippen LogP contribution is 2.30. The van der Waals surface area contributed by atoms with Gasteiger partial charge in [-0.05, 0) is 29.8 Å². The van der Waals surface area contributed by atoms with Crippen molar-refractivity contribution in [3.05, 3.63) is 78.6 Å². The van der Waals surface area contributed by atoms with Crippen LogP contribution in [-0.4, -0.2) is 45.6 Å². The average Bonchev–Trinajstić information content (AvgIpc) is 3.26. The van der Waals surface area contributed by atoms with Crippen LogP contribution < -0.4 is 14.8 Å². The number of hydrogen-bond acceptors (Lipinski definition) is 7. The SMILES string of the molecule is COc1ccc(OC)c(NC(=O)CSc2nnc(-c3cccnc3)n2Cc2ccccc2)c1. The minimum atomic E-state index is -0.191. The van der Waals surface area contributed by atoms with E-state index in [1.165, 1.54) is 11.8 Å². The van der Waals surface area contributed by atoms with Crippen LogP contribution >= 0.6 is 11.8 Å². The molecule has 1 amide bonds. The van der Waals surface area contributed by atoms with Gasteiger partial charge in [-0.25, -0.2) is 0 Å². The molecule has 2 aromatic carbocycles. The molecular weight excluding hydrogens is 438 g/mol. The number of methoxy groups -OCH3 is 2. The molecule has 33 heavy (non-hydrogen) atoms. The molecule has 0 radical (unpaired) electrons. The number of amides is 1. The molecule has 4 aromatic rings. The number of hydrogen-bond donors (Lipinski definition) is 1. The van der Waals surface area contributed by atoms with Crippen LogP contribution in [0.5, 0.6) is 11.5 Å². The Bertz CT molecular complexity index is 1220. The quantitative estimate of drug-likeness (QED) is 0.375. The molecule has 9 heteroatoms. The van der Waals surface area contributed by atoms with Gasteiger partial charge in [0, 0.05) is 24.0 Å². The van der Waals surface area contributed by atoms with Crippen molar-refractivity contribution in [1.29, 1.82) is 0 Å². The van der Waals surface area contributed by atoms with Crippen LogP contribution in [0.25, 0.3) is 11.4 Å².